The molecule has 1 saturated carbocycles. The molecule has 4 heteroatoms. The SMILES string of the molecule is CS(=O)(=O)C1CCCC(C(=O)c2ccc3c(c2)CCC3)C1. The van der Waals surface area contributed by atoms with Gasteiger partial charge in [0, 0.05) is 17.7 Å². The number of carbonyl (C=O) groups is 1. The van der Waals surface area contributed by atoms with Crippen LogP contribution in [-0.2, 0) is 22.7 Å². The molecule has 2 atom stereocenters. The summed E-state index contributed by atoms with van der Waals surface area (Å²) in [5.41, 5.74) is 3.44. The van der Waals surface area contributed by atoms with E-state index in [1.807, 2.05) is 12.1 Å². The minimum atomic E-state index is -3.04. The fourth-order valence-corrected chi connectivity index (χ4v) is 4.91. The van der Waals surface area contributed by atoms with Gasteiger partial charge in [-0.05, 0) is 55.7 Å². The third kappa shape index (κ3) is 3.05. The van der Waals surface area contributed by atoms with Crippen molar-refractivity contribution in [3.63, 3.8) is 0 Å². The molecule has 0 heterocycles. The van der Waals surface area contributed by atoms with E-state index in [1.54, 1.807) is 0 Å². The highest BCUT2D eigenvalue weighted by molar-refractivity contribution is 7.91. The first-order valence-corrected chi connectivity index (χ1v) is 9.75. The monoisotopic (exact) mass is 306 g/mol. The molecule has 1 fully saturated rings. The van der Waals surface area contributed by atoms with Crippen LogP contribution in [-0.4, -0.2) is 25.7 Å². The smallest absolute Gasteiger partial charge is 0.165 e. The Morgan fingerprint density at radius 3 is 2.62 bits per heavy atom. The Morgan fingerprint density at radius 1 is 1.10 bits per heavy atom. The molecule has 0 aromatic heterocycles. The summed E-state index contributed by atoms with van der Waals surface area (Å²) in [4.78, 5) is 12.7. The minimum absolute atomic E-state index is 0.127. The van der Waals surface area contributed by atoms with E-state index in [0.717, 1.165) is 31.2 Å². The van der Waals surface area contributed by atoms with Crippen LogP contribution in [0.3, 0.4) is 0 Å². The molecule has 0 amide bonds. The largest absolute Gasteiger partial charge is 0.294 e. The number of benzene rings is 1. The van der Waals surface area contributed by atoms with E-state index < -0.39 is 9.84 Å². The molecular formula is C17H22O3S. The van der Waals surface area contributed by atoms with Crippen LogP contribution in [0.2, 0.25) is 0 Å². The lowest BCUT2D eigenvalue weighted by atomic mass is 9.83. The molecule has 0 N–H and O–H groups in total. The molecule has 3 nitrogen and oxygen atoms in total. The maximum absolute atomic E-state index is 12.7. The number of ketones is 1. The van der Waals surface area contributed by atoms with E-state index >= 15 is 0 Å². The van der Waals surface area contributed by atoms with Gasteiger partial charge in [-0.15, -0.1) is 0 Å². The molecule has 0 bridgehead atoms. The lowest BCUT2D eigenvalue weighted by Gasteiger charge is -2.27. The van der Waals surface area contributed by atoms with Crippen molar-refractivity contribution in [1.29, 1.82) is 0 Å². The fraction of sp³-hybridized carbons (Fsp3) is 0.588. The lowest BCUT2D eigenvalue weighted by Crippen LogP contribution is -2.31. The predicted octanol–water partition coefficient (Wildman–Crippen LogP) is 2.96. The number of rotatable bonds is 3. The molecule has 3 rings (SSSR count). The average molecular weight is 306 g/mol. The molecule has 2 aliphatic carbocycles. The van der Waals surface area contributed by atoms with Gasteiger partial charge in [0.05, 0.1) is 5.25 Å². The third-order valence-corrected chi connectivity index (χ3v) is 6.62. The van der Waals surface area contributed by atoms with Gasteiger partial charge in [0.1, 0.15) is 9.84 Å². The van der Waals surface area contributed by atoms with Crippen LogP contribution in [0.1, 0.15) is 53.6 Å². The number of hydrogen-bond donors (Lipinski definition) is 0. The van der Waals surface area contributed by atoms with Gasteiger partial charge in [-0.3, -0.25) is 4.79 Å². The zero-order chi connectivity index (χ0) is 15.0. The van der Waals surface area contributed by atoms with E-state index in [0.29, 0.717) is 12.8 Å². The van der Waals surface area contributed by atoms with E-state index in [-0.39, 0.29) is 17.0 Å². The van der Waals surface area contributed by atoms with Crippen LogP contribution in [0, 0.1) is 5.92 Å². The molecule has 0 radical (unpaired) electrons. The molecule has 0 saturated heterocycles. The van der Waals surface area contributed by atoms with Crippen molar-refractivity contribution in [2.24, 2.45) is 5.92 Å². The van der Waals surface area contributed by atoms with Crippen molar-refractivity contribution in [2.75, 3.05) is 6.26 Å². The van der Waals surface area contributed by atoms with Gasteiger partial charge >= 0.3 is 0 Å². The Bertz CT molecular complexity index is 661. The summed E-state index contributed by atoms with van der Waals surface area (Å²) in [6, 6.07) is 6.04. The van der Waals surface area contributed by atoms with Gasteiger partial charge in [0.25, 0.3) is 0 Å². The molecule has 21 heavy (non-hydrogen) atoms. The summed E-state index contributed by atoms with van der Waals surface area (Å²) in [7, 11) is -3.04. The number of fused-ring (bicyclic) bond motifs is 1. The number of sulfone groups is 1. The summed E-state index contributed by atoms with van der Waals surface area (Å²) < 4.78 is 23.5. The standard InChI is InChI=1S/C17H22O3S/c1-21(19,20)16-7-3-6-14(11-16)17(18)15-9-8-12-4-2-5-13(12)10-15/h8-10,14,16H,2-7,11H2,1H3. The second-order valence-electron chi connectivity index (χ2n) is 6.52. The summed E-state index contributed by atoms with van der Waals surface area (Å²) in [6.45, 7) is 0. The van der Waals surface area contributed by atoms with Gasteiger partial charge in [0.2, 0.25) is 0 Å². The Hall–Kier alpha value is -1.16. The number of carbonyl (C=O) groups excluding carboxylic acids is 1. The first-order chi connectivity index (χ1) is 9.95. The van der Waals surface area contributed by atoms with Crippen LogP contribution < -0.4 is 0 Å². The molecule has 0 spiro atoms. The second-order valence-corrected chi connectivity index (χ2v) is 8.84. The van der Waals surface area contributed by atoms with Crippen LogP contribution in [0.4, 0.5) is 0 Å². The number of hydrogen-bond acceptors (Lipinski definition) is 3. The highest BCUT2D eigenvalue weighted by Crippen LogP contribution is 2.32. The Labute approximate surface area is 126 Å². The van der Waals surface area contributed by atoms with Gasteiger partial charge in [0.15, 0.2) is 5.78 Å². The molecule has 0 aliphatic heterocycles. The predicted molar refractivity (Wildman–Crippen MR) is 83.4 cm³/mol. The Balaban J connectivity index is 1.79. The van der Waals surface area contributed by atoms with E-state index in [4.69, 9.17) is 0 Å². The summed E-state index contributed by atoms with van der Waals surface area (Å²) in [5, 5.41) is -0.338. The zero-order valence-electron chi connectivity index (χ0n) is 12.5. The van der Waals surface area contributed by atoms with Gasteiger partial charge in [-0.2, -0.15) is 0 Å². The van der Waals surface area contributed by atoms with Crippen LogP contribution in [0.25, 0.3) is 0 Å². The van der Waals surface area contributed by atoms with Crippen LogP contribution >= 0.6 is 0 Å². The number of aryl methyl sites for hydroxylation is 2. The topological polar surface area (TPSA) is 51.2 Å². The summed E-state index contributed by atoms with van der Waals surface area (Å²) >= 11 is 0. The van der Waals surface area contributed by atoms with E-state index in [2.05, 4.69) is 6.07 Å². The van der Waals surface area contributed by atoms with Crippen molar-refractivity contribution in [2.45, 2.75) is 50.2 Å². The maximum atomic E-state index is 12.7. The normalized spacial score (nSPS) is 25.6. The zero-order valence-corrected chi connectivity index (χ0v) is 13.3. The molecular weight excluding hydrogens is 284 g/mol. The highest BCUT2D eigenvalue weighted by atomic mass is 32.2. The first-order valence-electron chi connectivity index (χ1n) is 7.80. The molecule has 2 aliphatic rings. The van der Waals surface area contributed by atoms with Crippen molar-refractivity contribution in [1.82, 2.24) is 0 Å². The third-order valence-electron chi connectivity index (χ3n) is 4.99. The van der Waals surface area contributed by atoms with Gasteiger partial charge < -0.3 is 0 Å². The molecule has 1 aromatic rings. The fourth-order valence-electron chi connectivity index (χ4n) is 3.73. The quantitative estimate of drug-likeness (QED) is 0.807. The van der Waals surface area contributed by atoms with E-state index in [1.165, 1.54) is 23.8 Å². The van der Waals surface area contributed by atoms with E-state index in [9.17, 15) is 13.2 Å². The van der Waals surface area contributed by atoms with Gasteiger partial charge in [-0.1, -0.05) is 18.6 Å². The molecule has 2 unspecified atom stereocenters. The van der Waals surface area contributed by atoms with Crippen molar-refractivity contribution in [3.8, 4) is 0 Å². The summed E-state index contributed by atoms with van der Waals surface area (Å²) in [6.07, 6.45) is 7.49. The maximum Gasteiger partial charge on any atom is 0.165 e. The van der Waals surface area contributed by atoms with Crippen LogP contribution in [0.15, 0.2) is 18.2 Å². The van der Waals surface area contributed by atoms with Crippen molar-refractivity contribution < 1.29 is 13.2 Å². The lowest BCUT2D eigenvalue weighted by molar-refractivity contribution is 0.0891. The molecule has 1 aromatic carbocycles. The van der Waals surface area contributed by atoms with Crippen molar-refractivity contribution in [3.05, 3.63) is 34.9 Å². The average Bonchev–Trinajstić information content (AvgIpc) is 2.93. The Kier molecular flexibility index (Phi) is 3.91. The molecule has 114 valence electrons. The second kappa shape index (κ2) is 5.56. The highest BCUT2D eigenvalue weighted by Gasteiger charge is 2.33. The van der Waals surface area contributed by atoms with Crippen LogP contribution in [0.5, 0.6) is 0 Å². The Morgan fingerprint density at radius 2 is 1.86 bits per heavy atom. The number of Topliss-reactive ketones (excluding diaryl/α,β-unsaturated/α-hetero) is 1. The van der Waals surface area contributed by atoms with Gasteiger partial charge in [-0.25, -0.2) is 8.42 Å². The first kappa shape index (κ1) is 14.8. The van der Waals surface area contributed by atoms with Crippen molar-refractivity contribution >= 4 is 15.6 Å². The minimum Gasteiger partial charge on any atom is -0.294 e. The summed E-state index contributed by atoms with van der Waals surface area (Å²) in [5.74, 6) is 0.0102.